The van der Waals surface area contributed by atoms with Gasteiger partial charge in [-0.15, -0.1) is 0 Å². The smallest absolute Gasteiger partial charge is 0.261 e. The lowest BCUT2D eigenvalue weighted by Crippen LogP contribution is -1.89. The van der Waals surface area contributed by atoms with E-state index in [9.17, 15) is 4.39 Å². The van der Waals surface area contributed by atoms with Gasteiger partial charge in [0.05, 0.1) is 5.56 Å². The van der Waals surface area contributed by atoms with E-state index in [2.05, 4.69) is 10.1 Å². The van der Waals surface area contributed by atoms with Crippen LogP contribution in [-0.4, -0.2) is 10.1 Å². The van der Waals surface area contributed by atoms with Crippen LogP contribution in [-0.2, 0) is 0 Å². The molecule has 1 aromatic heterocycles. The molecule has 4 nitrogen and oxygen atoms in total. The summed E-state index contributed by atoms with van der Waals surface area (Å²) in [6.45, 7) is 0. The van der Waals surface area contributed by atoms with Crippen molar-refractivity contribution in [2.24, 2.45) is 0 Å². The molecule has 0 aliphatic rings. The highest BCUT2D eigenvalue weighted by atomic mass is 19.1. The Balaban J connectivity index is 2.04. The number of aromatic nitrogens is 2. The molecule has 5 heteroatoms. The average Bonchev–Trinajstić information content (AvgIpc) is 2.92. The molecule has 19 heavy (non-hydrogen) atoms. The fourth-order valence-electron chi connectivity index (χ4n) is 1.74. The van der Waals surface area contributed by atoms with Gasteiger partial charge < -0.3 is 10.3 Å². The fourth-order valence-corrected chi connectivity index (χ4v) is 1.74. The topological polar surface area (TPSA) is 64.9 Å². The van der Waals surface area contributed by atoms with Gasteiger partial charge in [-0.1, -0.05) is 35.5 Å². The Bertz CT molecular complexity index is 710. The van der Waals surface area contributed by atoms with Crippen molar-refractivity contribution >= 4 is 5.69 Å². The van der Waals surface area contributed by atoms with Gasteiger partial charge in [0.1, 0.15) is 5.82 Å². The van der Waals surface area contributed by atoms with Crippen LogP contribution in [0.25, 0.3) is 22.8 Å². The minimum atomic E-state index is -0.447. The van der Waals surface area contributed by atoms with Crippen molar-refractivity contribution in [3.05, 3.63) is 54.3 Å². The van der Waals surface area contributed by atoms with Gasteiger partial charge in [-0.3, -0.25) is 0 Å². The number of anilines is 1. The summed E-state index contributed by atoms with van der Waals surface area (Å²) in [5, 5.41) is 3.84. The first-order chi connectivity index (χ1) is 9.24. The second-order valence-electron chi connectivity index (χ2n) is 4.03. The Kier molecular flexibility index (Phi) is 2.72. The lowest BCUT2D eigenvalue weighted by atomic mass is 10.2. The maximum atomic E-state index is 13.7. The Hall–Kier alpha value is -2.69. The molecular formula is C14H10FN3O. The monoisotopic (exact) mass is 255 g/mol. The number of nitrogens with zero attached hydrogens (tertiary/aromatic N) is 2. The van der Waals surface area contributed by atoms with Crippen LogP contribution in [0.1, 0.15) is 0 Å². The van der Waals surface area contributed by atoms with E-state index in [0.717, 1.165) is 5.56 Å². The molecule has 0 fully saturated rings. The van der Waals surface area contributed by atoms with Crippen molar-refractivity contribution in [3.63, 3.8) is 0 Å². The highest BCUT2D eigenvalue weighted by Gasteiger charge is 2.14. The molecule has 3 aromatic rings. The minimum Gasteiger partial charge on any atom is -0.399 e. The molecule has 2 aromatic carbocycles. The van der Waals surface area contributed by atoms with Crippen molar-refractivity contribution < 1.29 is 8.91 Å². The first kappa shape index (κ1) is 11.4. The van der Waals surface area contributed by atoms with Gasteiger partial charge in [0, 0.05) is 11.3 Å². The Labute approximate surface area is 108 Å². The van der Waals surface area contributed by atoms with E-state index in [1.165, 1.54) is 18.2 Å². The van der Waals surface area contributed by atoms with E-state index in [4.69, 9.17) is 10.3 Å². The van der Waals surface area contributed by atoms with Crippen LogP contribution in [0.5, 0.6) is 0 Å². The summed E-state index contributed by atoms with van der Waals surface area (Å²) in [5.74, 6) is 0.0820. The summed E-state index contributed by atoms with van der Waals surface area (Å²) >= 11 is 0. The number of benzene rings is 2. The zero-order valence-electron chi connectivity index (χ0n) is 9.88. The normalized spacial score (nSPS) is 10.6. The Morgan fingerprint density at radius 2 is 1.84 bits per heavy atom. The number of hydrogen-bond acceptors (Lipinski definition) is 4. The maximum absolute atomic E-state index is 13.7. The van der Waals surface area contributed by atoms with E-state index < -0.39 is 5.82 Å². The molecule has 94 valence electrons. The number of nitrogen functional groups attached to an aromatic ring is 1. The van der Waals surface area contributed by atoms with Gasteiger partial charge in [0.2, 0.25) is 5.82 Å². The lowest BCUT2D eigenvalue weighted by molar-refractivity contribution is 0.429. The number of rotatable bonds is 2. The third-order valence-electron chi connectivity index (χ3n) is 2.68. The molecule has 1 heterocycles. The van der Waals surface area contributed by atoms with Crippen molar-refractivity contribution in [3.8, 4) is 22.8 Å². The zero-order valence-corrected chi connectivity index (χ0v) is 9.88. The molecule has 0 spiro atoms. The van der Waals surface area contributed by atoms with Gasteiger partial charge in [0.15, 0.2) is 0 Å². The SMILES string of the molecule is Nc1ccc(F)c(-c2nc(-c3ccccc3)no2)c1. The van der Waals surface area contributed by atoms with E-state index in [1.807, 2.05) is 30.3 Å². The van der Waals surface area contributed by atoms with Gasteiger partial charge in [-0.05, 0) is 18.2 Å². The van der Waals surface area contributed by atoms with Crippen LogP contribution in [0.15, 0.2) is 53.1 Å². The fraction of sp³-hybridized carbons (Fsp3) is 0. The molecule has 0 radical (unpaired) electrons. The summed E-state index contributed by atoms with van der Waals surface area (Å²) in [6.07, 6.45) is 0. The highest BCUT2D eigenvalue weighted by Crippen LogP contribution is 2.25. The summed E-state index contributed by atoms with van der Waals surface area (Å²) in [7, 11) is 0. The van der Waals surface area contributed by atoms with Crippen molar-refractivity contribution in [1.29, 1.82) is 0 Å². The molecule has 0 saturated carbocycles. The Morgan fingerprint density at radius 3 is 2.63 bits per heavy atom. The molecule has 0 amide bonds. The molecule has 0 aliphatic carbocycles. The maximum Gasteiger partial charge on any atom is 0.261 e. The highest BCUT2D eigenvalue weighted by molar-refractivity contribution is 5.63. The second kappa shape index (κ2) is 4.53. The summed E-state index contributed by atoms with van der Waals surface area (Å²) in [4.78, 5) is 4.18. The predicted octanol–water partition coefficient (Wildman–Crippen LogP) is 3.12. The first-order valence-electron chi connectivity index (χ1n) is 5.68. The molecule has 0 bridgehead atoms. The Morgan fingerprint density at radius 1 is 1.05 bits per heavy atom. The first-order valence-corrected chi connectivity index (χ1v) is 5.68. The van der Waals surface area contributed by atoms with Crippen molar-refractivity contribution in [2.45, 2.75) is 0 Å². The van der Waals surface area contributed by atoms with Crippen molar-refractivity contribution in [1.82, 2.24) is 10.1 Å². The molecule has 0 atom stereocenters. The van der Waals surface area contributed by atoms with Crippen LogP contribution in [0.3, 0.4) is 0 Å². The molecular weight excluding hydrogens is 245 g/mol. The van der Waals surface area contributed by atoms with Crippen LogP contribution < -0.4 is 5.73 Å². The zero-order chi connectivity index (χ0) is 13.2. The van der Waals surface area contributed by atoms with Gasteiger partial charge >= 0.3 is 0 Å². The number of hydrogen-bond donors (Lipinski definition) is 1. The summed E-state index contributed by atoms with van der Waals surface area (Å²) < 4.78 is 18.8. The molecule has 0 saturated heterocycles. The number of halogens is 1. The van der Waals surface area contributed by atoms with Crippen LogP contribution in [0, 0.1) is 5.82 Å². The van der Waals surface area contributed by atoms with Gasteiger partial charge in [-0.2, -0.15) is 4.98 Å². The van der Waals surface area contributed by atoms with E-state index in [1.54, 1.807) is 0 Å². The van der Waals surface area contributed by atoms with E-state index in [-0.39, 0.29) is 11.5 Å². The minimum absolute atomic E-state index is 0.114. The van der Waals surface area contributed by atoms with Crippen LogP contribution in [0.4, 0.5) is 10.1 Å². The van der Waals surface area contributed by atoms with Crippen LogP contribution in [0.2, 0.25) is 0 Å². The number of nitrogens with two attached hydrogens (primary N) is 1. The molecule has 0 unspecified atom stereocenters. The van der Waals surface area contributed by atoms with E-state index >= 15 is 0 Å². The van der Waals surface area contributed by atoms with E-state index in [0.29, 0.717) is 11.5 Å². The van der Waals surface area contributed by atoms with Crippen LogP contribution >= 0.6 is 0 Å². The predicted molar refractivity (Wildman–Crippen MR) is 69.5 cm³/mol. The van der Waals surface area contributed by atoms with Crippen molar-refractivity contribution in [2.75, 3.05) is 5.73 Å². The lowest BCUT2D eigenvalue weighted by Gasteiger charge is -1.98. The van der Waals surface area contributed by atoms with Gasteiger partial charge in [-0.25, -0.2) is 4.39 Å². The quantitative estimate of drug-likeness (QED) is 0.714. The standard InChI is InChI=1S/C14H10FN3O/c15-12-7-6-10(16)8-11(12)14-17-13(18-19-14)9-4-2-1-3-5-9/h1-8H,16H2. The summed E-state index contributed by atoms with van der Waals surface area (Å²) in [6, 6.07) is 13.6. The average molecular weight is 255 g/mol. The second-order valence-corrected chi connectivity index (χ2v) is 4.03. The third-order valence-corrected chi connectivity index (χ3v) is 2.68. The van der Waals surface area contributed by atoms with Gasteiger partial charge in [0.25, 0.3) is 5.89 Å². The molecule has 2 N–H and O–H groups in total. The summed E-state index contributed by atoms with van der Waals surface area (Å²) in [5.41, 5.74) is 7.08. The third kappa shape index (κ3) is 2.18. The molecule has 3 rings (SSSR count). The largest absolute Gasteiger partial charge is 0.399 e. The molecule has 0 aliphatic heterocycles.